The molecule has 110 valence electrons. The Morgan fingerprint density at radius 3 is 2.75 bits per heavy atom. The van der Waals surface area contributed by atoms with E-state index < -0.39 is 5.97 Å². The van der Waals surface area contributed by atoms with Gasteiger partial charge in [0.25, 0.3) is 11.5 Å². The molecule has 0 radical (unpaired) electrons. The first kappa shape index (κ1) is 15.9. The smallest absolute Gasteiger partial charge is 0.303 e. The van der Waals surface area contributed by atoms with Crippen molar-refractivity contribution in [2.75, 3.05) is 6.54 Å². The summed E-state index contributed by atoms with van der Waals surface area (Å²) in [6.45, 7) is 2.45. The highest BCUT2D eigenvalue weighted by Crippen LogP contribution is 2.14. The van der Waals surface area contributed by atoms with Gasteiger partial charge in [-0.1, -0.05) is 13.3 Å². The molecule has 1 aromatic rings. The zero-order valence-corrected chi connectivity index (χ0v) is 11.4. The molecule has 7 heteroatoms. The summed E-state index contributed by atoms with van der Waals surface area (Å²) in [6, 6.07) is 0. The molecular formula is C13H19N3O4. The van der Waals surface area contributed by atoms with Gasteiger partial charge in [0.05, 0.1) is 6.20 Å². The first-order valence-corrected chi connectivity index (χ1v) is 6.57. The maximum absolute atomic E-state index is 11.7. The van der Waals surface area contributed by atoms with Gasteiger partial charge in [-0.25, -0.2) is 4.98 Å². The Labute approximate surface area is 116 Å². The molecule has 3 N–H and O–H groups in total. The Hall–Kier alpha value is -2.18. The molecule has 1 amide bonds. The average molecular weight is 281 g/mol. The monoisotopic (exact) mass is 281 g/mol. The lowest BCUT2D eigenvalue weighted by atomic mass is 9.96. The van der Waals surface area contributed by atoms with E-state index in [1.54, 1.807) is 0 Å². The average Bonchev–Trinajstić information content (AvgIpc) is 2.42. The predicted molar refractivity (Wildman–Crippen MR) is 72.5 cm³/mol. The van der Waals surface area contributed by atoms with Crippen LogP contribution in [0.25, 0.3) is 0 Å². The number of amides is 1. The molecular weight excluding hydrogens is 262 g/mol. The molecule has 7 nitrogen and oxygen atoms in total. The summed E-state index contributed by atoms with van der Waals surface area (Å²) in [6.07, 6.45) is 4.67. The van der Waals surface area contributed by atoms with Crippen LogP contribution in [-0.4, -0.2) is 33.5 Å². The van der Waals surface area contributed by atoms with Gasteiger partial charge in [0.1, 0.15) is 5.69 Å². The van der Waals surface area contributed by atoms with E-state index in [-0.39, 0.29) is 29.5 Å². The lowest BCUT2D eigenvalue weighted by Gasteiger charge is -2.13. The van der Waals surface area contributed by atoms with Crippen LogP contribution in [0.2, 0.25) is 0 Å². The second kappa shape index (κ2) is 8.08. The number of nitrogens with zero attached hydrogens (tertiary/aromatic N) is 1. The van der Waals surface area contributed by atoms with Crippen LogP contribution in [0.5, 0.6) is 0 Å². The number of hydrogen-bond donors (Lipinski definition) is 3. The van der Waals surface area contributed by atoms with Crippen molar-refractivity contribution in [3.8, 4) is 0 Å². The molecule has 0 fully saturated rings. The highest BCUT2D eigenvalue weighted by atomic mass is 16.4. The Morgan fingerprint density at radius 1 is 1.45 bits per heavy atom. The quantitative estimate of drug-likeness (QED) is 0.652. The van der Waals surface area contributed by atoms with Crippen LogP contribution in [0.15, 0.2) is 17.2 Å². The molecule has 1 atom stereocenters. The molecule has 0 saturated heterocycles. The van der Waals surface area contributed by atoms with E-state index in [0.29, 0.717) is 13.0 Å². The van der Waals surface area contributed by atoms with Gasteiger partial charge in [-0.15, -0.1) is 0 Å². The fraction of sp³-hybridized carbons (Fsp3) is 0.538. The molecule has 0 spiro atoms. The van der Waals surface area contributed by atoms with Gasteiger partial charge in [0.2, 0.25) is 0 Å². The van der Waals surface area contributed by atoms with E-state index in [1.807, 2.05) is 6.92 Å². The number of aromatic amines is 1. The Bertz CT molecular complexity index is 492. The summed E-state index contributed by atoms with van der Waals surface area (Å²) in [7, 11) is 0. The number of aromatic nitrogens is 2. The minimum absolute atomic E-state index is 0.147. The number of carboxylic acid groups (broad SMARTS) is 1. The summed E-state index contributed by atoms with van der Waals surface area (Å²) in [5.74, 6) is -0.880. The maximum atomic E-state index is 11.7. The second-order valence-electron chi connectivity index (χ2n) is 4.55. The van der Waals surface area contributed by atoms with Gasteiger partial charge >= 0.3 is 5.97 Å². The van der Waals surface area contributed by atoms with Crippen LogP contribution < -0.4 is 10.9 Å². The van der Waals surface area contributed by atoms with Crippen molar-refractivity contribution in [3.63, 3.8) is 0 Å². The van der Waals surface area contributed by atoms with Gasteiger partial charge in [0, 0.05) is 19.2 Å². The Balaban J connectivity index is 2.35. The lowest BCUT2D eigenvalue weighted by molar-refractivity contribution is -0.137. The van der Waals surface area contributed by atoms with Crippen molar-refractivity contribution < 1.29 is 14.7 Å². The van der Waals surface area contributed by atoms with Gasteiger partial charge in [-0.3, -0.25) is 14.4 Å². The largest absolute Gasteiger partial charge is 0.481 e. The molecule has 1 unspecified atom stereocenters. The molecule has 0 aliphatic rings. The number of H-pyrrole nitrogens is 1. The fourth-order valence-corrected chi connectivity index (χ4v) is 1.83. The molecule has 0 bridgehead atoms. The van der Waals surface area contributed by atoms with Crippen molar-refractivity contribution in [3.05, 3.63) is 28.4 Å². The van der Waals surface area contributed by atoms with Gasteiger partial charge in [-0.05, 0) is 18.8 Å². The minimum Gasteiger partial charge on any atom is -0.481 e. The molecule has 0 aliphatic heterocycles. The normalized spacial score (nSPS) is 11.8. The van der Waals surface area contributed by atoms with E-state index in [1.165, 1.54) is 6.20 Å². The van der Waals surface area contributed by atoms with Gasteiger partial charge in [-0.2, -0.15) is 0 Å². The highest BCUT2D eigenvalue weighted by molar-refractivity contribution is 5.91. The first-order chi connectivity index (χ1) is 9.52. The summed E-state index contributed by atoms with van der Waals surface area (Å²) in [5, 5.41) is 11.3. The van der Waals surface area contributed by atoms with Crippen LogP contribution in [0.1, 0.15) is 43.1 Å². The van der Waals surface area contributed by atoms with Crippen LogP contribution >= 0.6 is 0 Å². The summed E-state index contributed by atoms with van der Waals surface area (Å²) >= 11 is 0. The molecule has 1 aromatic heterocycles. The van der Waals surface area contributed by atoms with E-state index in [0.717, 1.165) is 19.0 Å². The van der Waals surface area contributed by atoms with E-state index >= 15 is 0 Å². The summed E-state index contributed by atoms with van der Waals surface area (Å²) < 4.78 is 0. The summed E-state index contributed by atoms with van der Waals surface area (Å²) in [4.78, 5) is 39.1. The van der Waals surface area contributed by atoms with E-state index in [9.17, 15) is 14.4 Å². The fourth-order valence-electron chi connectivity index (χ4n) is 1.83. The minimum atomic E-state index is -0.801. The number of carbonyl (C=O) groups is 2. The zero-order valence-electron chi connectivity index (χ0n) is 11.4. The van der Waals surface area contributed by atoms with Crippen LogP contribution in [0.4, 0.5) is 0 Å². The molecule has 0 aliphatic carbocycles. The number of hydrogen-bond acceptors (Lipinski definition) is 4. The Morgan fingerprint density at radius 2 is 2.20 bits per heavy atom. The number of carbonyl (C=O) groups excluding carboxylic acids is 1. The lowest BCUT2D eigenvalue weighted by Crippen LogP contribution is -2.27. The SMILES string of the molecule is CCC(CCNC(=O)c1c[nH]c(=O)cn1)CCC(=O)O. The number of aliphatic carboxylic acids is 1. The van der Waals surface area contributed by atoms with Gasteiger partial charge in [0.15, 0.2) is 0 Å². The number of carboxylic acids is 1. The predicted octanol–water partition coefficient (Wildman–Crippen LogP) is 0.781. The van der Waals surface area contributed by atoms with Crippen LogP contribution in [0.3, 0.4) is 0 Å². The summed E-state index contributed by atoms with van der Waals surface area (Å²) in [5.41, 5.74) is -0.204. The highest BCUT2D eigenvalue weighted by Gasteiger charge is 2.11. The van der Waals surface area contributed by atoms with Crippen LogP contribution in [0, 0.1) is 5.92 Å². The van der Waals surface area contributed by atoms with Crippen molar-refractivity contribution in [2.24, 2.45) is 5.92 Å². The first-order valence-electron chi connectivity index (χ1n) is 6.57. The second-order valence-corrected chi connectivity index (χ2v) is 4.55. The van der Waals surface area contributed by atoms with E-state index in [4.69, 9.17) is 5.11 Å². The van der Waals surface area contributed by atoms with Crippen molar-refractivity contribution in [2.45, 2.75) is 32.6 Å². The molecule has 0 aromatic carbocycles. The number of nitrogens with one attached hydrogen (secondary N) is 2. The van der Waals surface area contributed by atoms with Crippen molar-refractivity contribution in [1.29, 1.82) is 0 Å². The van der Waals surface area contributed by atoms with Crippen molar-refractivity contribution >= 4 is 11.9 Å². The topological polar surface area (TPSA) is 112 Å². The molecule has 1 heterocycles. The third-order valence-corrected chi connectivity index (χ3v) is 3.09. The molecule has 20 heavy (non-hydrogen) atoms. The third kappa shape index (κ3) is 5.64. The van der Waals surface area contributed by atoms with E-state index in [2.05, 4.69) is 15.3 Å². The zero-order chi connectivity index (χ0) is 15.0. The van der Waals surface area contributed by atoms with Crippen molar-refractivity contribution in [1.82, 2.24) is 15.3 Å². The standard InChI is InChI=1S/C13H19N3O4/c1-2-9(3-4-12(18)19)5-6-14-13(20)10-7-16-11(17)8-15-10/h7-9H,2-6H2,1H3,(H,14,20)(H,16,17)(H,18,19). The maximum Gasteiger partial charge on any atom is 0.303 e. The molecule has 0 saturated carbocycles. The Kier molecular flexibility index (Phi) is 6.42. The number of rotatable bonds is 8. The molecule has 1 rings (SSSR count). The van der Waals surface area contributed by atoms with Crippen LogP contribution in [-0.2, 0) is 4.79 Å². The third-order valence-electron chi connectivity index (χ3n) is 3.09. The van der Waals surface area contributed by atoms with Gasteiger partial charge < -0.3 is 15.4 Å².